The molecule has 0 saturated carbocycles. The van der Waals surface area contributed by atoms with Crippen molar-refractivity contribution in [3.8, 4) is 5.75 Å². The van der Waals surface area contributed by atoms with Crippen molar-refractivity contribution in [3.05, 3.63) is 106 Å². The van der Waals surface area contributed by atoms with E-state index in [0.717, 1.165) is 27.9 Å². The Kier molecular flexibility index (Phi) is 6.01. The van der Waals surface area contributed by atoms with E-state index in [9.17, 15) is 20.0 Å². The van der Waals surface area contributed by atoms with Crippen LogP contribution in [0.5, 0.6) is 5.75 Å². The highest BCUT2D eigenvalue weighted by Crippen LogP contribution is 2.44. The second kappa shape index (κ2) is 9.68. The molecule has 40 heavy (non-hydrogen) atoms. The number of carbonyl (C=O) groups excluding carboxylic acids is 1. The van der Waals surface area contributed by atoms with Gasteiger partial charge in [-0.25, -0.2) is 0 Å². The number of phenolic OH excluding ortho intramolecular Hbond substituents is 1. The molecule has 0 aliphatic carbocycles. The fourth-order valence-corrected chi connectivity index (χ4v) is 4.83. The number of phenols is 1. The number of halogens is 1. The third-order valence-corrected chi connectivity index (χ3v) is 6.86. The number of nitrogens with one attached hydrogen (secondary N) is 2. The van der Waals surface area contributed by atoms with E-state index in [1.807, 2.05) is 36.4 Å². The highest BCUT2D eigenvalue weighted by Gasteiger charge is 2.22. The largest absolute Gasteiger partial charge is 0.505 e. The molecule has 11 heteroatoms. The normalized spacial score (nSPS) is 11.5. The fourth-order valence-electron chi connectivity index (χ4n) is 4.61. The van der Waals surface area contributed by atoms with E-state index in [1.54, 1.807) is 30.3 Å². The van der Waals surface area contributed by atoms with E-state index in [-0.39, 0.29) is 27.6 Å². The molecular formula is C29H19ClN6O4. The van der Waals surface area contributed by atoms with E-state index < -0.39 is 16.6 Å². The van der Waals surface area contributed by atoms with E-state index in [2.05, 4.69) is 20.5 Å². The van der Waals surface area contributed by atoms with Gasteiger partial charge in [0.15, 0.2) is 5.75 Å². The molecule has 5 aromatic carbocycles. The first-order valence-electron chi connectivity index (χ1n) is 12.0. The van der Waals surface area contributed by atoms with Crippen LogP contribution in [0.3, 0.4) is 0 Å². The minimum absolute atomic E-state index is 0.0223. The molecule has 0 saturated heterocycles. The smallest absolute Gasteiger partial charge is 0.271 e. The minimum Gasteiger partial charge on any atom is -0.505 e. The maximum absolute atomic E-state index is 13.4. The lowest BCUT2D eigenvalue weighted by atomic mass is 10.00. The molecule has 10 nitrogen and oxygen atoms in total. The average molecular weight is 551 g/mol. The van der Waals surface area contributed by atoms with Crippen molar-refractivity contribution in [2.75, 3.05) is 11.1 Å². The summed E-state index contributed by atoms with van der Waals surface area (Å²) < 4.78 is 0. The molecular weight excluding hydrogens is 532 g/mol. The second-order valence-electron chi connectivity index (χ2n) is 9.05. The number of benzene rings is 5. The molecule has 1 aromatic heterocycles. The van der Waals surface area contributed by atoms with Gasteiger partial charge in [0.05, 0.1) is 32.4 Å². The Balaban J connectivity index is 1.53. The van der Waals surface area contributed by atoms with Gasteiger partial charge >= 0.3 is 0 Å². The number of nitro benzene ring substituents is 1. The van der Waals surface area contributed by atoms with Crippen LogP contribution < -0.4 is 11.1 Å². The van der Waals surface area contributed by atoms with Gasteiger partial charge in [-0.15, -0.1) is 5.11 Å². The third kappa shape index (κ3) is 4.32. The number of H-pyrrole nitrogens is 1. The summed E-state index contributed by atoms with van der Waals surface area (Å²) in [6.07, 6.45) is 0. The Morgan fingerprint density at radius 1 is 0.975 bits per heavy atom. The van der Waals surface area contributed by atoms with Crippen molar-refractivity contribution in [2.45, 2.75) is 0 Å². The number of anilines is 2. The molecule has 6 aromatic rings. The number of hydrogen-bond acceptors (Lipinski definition) is 7. The predicted molar refractivity (Wildman–Crippen MR) is 156 cm³/mol. The number of aromatic amines is 1. The summed E-state index contributed by atoms with van der Waals surface area (Å²) in [6.45, 7) is 0. The molecule has 0 radical (unpaired) electrons. The van der Waals surface area contributed by atoms with Gasteiger partial charge in [0, 0.05) is 39.5 Å². The number of aromatic hydroxyl groups is 1. The van der Waals surface area contributed by atoms with Crippen LogP contribution in [0.25, 0.3) is 32.6 Å². The lowest BCUT2D eigenvalue weighted by Crippen LogP contribution is -2.12. The molecule has 1 heterocycles. The van der Waals surface area contributed by atoms with E-state index in [0.29, 0.717) is 22.1 Å². The van der Waals surface area contributed by atoms with Crippen molar-refractivity contribution >= 4 is 78.5 Å². The number of rotatable bonds is 5. The molecule has 5 N–H and O–H groups in total. The Labute approximate surface area is 230 Å². The van der Waals surface area contributed by atoms with Gasteiger partial charge in [0.1, 0.15) is 5.69 Å². The van der Waals surface area contributed by atoms with Gasteiger partial charge in [0.2, 0.25) is 0 Å². The van der Waals surface area contributed by atoms with Crippen LogP contribution in [-0.2, 0) is 0 Å². The Morgan fingerprint density at radius 2 is 1.75 bits per heavy atom. The van der Waals surface area contributed by atoms with E-state index >= 15 is 0 Å². The maximum Gasteiger partial charge on any atom is 0.271 e. The molecule has 196 valence electrons. The van der Waals surface area contributed by atoms with Crippen molar-refractivity contribution in [1.82, 2.24) is 4.98 Å². The van der Waals surface area contributed by atoms with Crippen LogP contribution in [0.4, 0.5) is 28.4 Å². The van der Waals surface area contributed by atoms with Gasteiger partial charge < -0.3 is 21.1 Å². The number of carbonyl (C=O) groups is 1. The quantitative estimate of drug-likeness (QED) is 0.0739. The Hall–Kier alpha value is -5.48. The second-order valence-corrected chi connectivity index (χ2v) is 9.45. The van der Waals surface area contributed by atoms with Gasteiger partial charge in [-0.3, -0.25) is 14.9 Å². The standard InChI is InChI=1S/C29H19ClN6O4/c30-22-14-18(36(39)40)10-12-24(22)33-29(38)21-13-15-5-11-20-19-3-1-2-4-23(19)32-26(20)25(15)27(28(21)37)35-34-17-8-6-16(31)7-9-17/h1-14,32,37H,31H2,(H,33,38). The first-order chi connectivity index (χ1) is 19.3. The number of amides is 1. The van der Waals surface area contributed by atoms with Crippen molar-refractivity contribution in [2.24, 2.45) is 10.2 Å². The van der Waals surface area contributed by atoms with Crippen molar-refractivity contribution in [1.29, 1.82) is 0 Å². The molecule has 0 unspecified atom stereocenters. The number of nitrogens with zero attached hydrogens (tertiary/aromatic N) is 3. The first-order valence-corrected chi connectivity index (χ1v) is 12.4. The first kappa shape index (κ1) is 24.8. The molecule has 0 fully saturated rings. The summed E-state index contributed by atoms with van der Waals surface area (Å²) >= 11 is 6.18. The molecule has 0 spiro atoms. The zero-order valence-corrected chi connectivity index (χ0v) is 21.3. The van der Waals surface area contributed by atoms with Crippen LogP contribution in [0.15, 0.2) is 95.2 Å². The summed E-state index contributed by atoms with van der Waals surface area (Å²) in [5.41, 5.74) is 8.41. The number of azo groups is 1. The number of nitrogens with two attached hydrogens (primary N) is 1. The Morgan fingerprint density at radius 3 is 2.50 bits per heavy atom. The van der Waals surface area contributed by atoms with E-state index in [1.165, 1.54) is 12.1 Å². The zero-order valence-electron chi connectivity index (χ0n) is 20.6. The fraction of sp³-hybridized carbons (Fsp3) is 0. The lowest BCUT2D eigenvalue weighted by Gasteiger charge is -2.12. The molecule has 0 aliphatic heterocycles. The summed E-state index contributed by atoms with van der Waals surface area (Å²) in [6, 6.07) is 23.5. The van der Waals surface area contributed by atoms with Crippen LogP contribution in [0.1, 0.15) is 10.4 Å². The number of non-ortho nitro benzene ring substituents is 1. The predicted octanol–water partition coefficient (Wildman–Crippen LogP) is 7.99. The van der Waals surface area contributed by atoms with Crippen LogP contribution in [0, 0.1) is 10.1 Å². The number of nitrogen functional groups attached to an aromatic ring is 1. The highest BCUT2D eigenvalue weighted by molar-refractivity contribution is 6.34. The number of nitro groups is 1. The Bertz CT molecular complexity index is 2020. The van der Waals surface area contributed by atoms with Crippen molar-refractivity contribution in [3.63, 3.8) is 0 Å². The van der Waals surface area contributed by atoms with Gasteiger partial charge in [0.25, 0.3) is 11.6 Å². The number of hydrogen-bond donors (Lipinski definition) is 4. The molecule has 0 atom stereocenters. The number of para-hydroxylation sites is 1. The monoisotopic (exact) mass is 550 g/mol. The summed E-state index contributed by atoms with van der Waals surface area (Å²) in [4.78, 5) is 27.2. The SMILES string of the molecule is Nc1ccc(N=Nc2c(O)c(C(=O)Nc3ccc([N+](=O)[O-])cc3Cl)cc3ccc4c5ccccc5[nH]c4c23)cc1. The molecule has 0 bridgehead atoms. The molecule has 0 aliphatic rings. The minimum atomic E-state index is -0.684. The average Bonchev–Trinajstić information content (AvgIpc) is 3.33. The van der Waals surface area contributed by atoms with Crippen molar-refractivity contribution < 1.29 is 14.8 Å². The van der Waals surface area contributed by atoms with Gasteiger partial charge in [-0.2, -0.15) is 5.11 Å². The molecule has 1 amide bonds. The van der Waals surface area contributed by atoms with E-state index in [4.69, 9.17) is 17.3 Å². The van der Waals surface area contributed by atoms with Gasteiger partial charge in [-0.1, -0.05) is 41.9 Å². The van der Waals surface area contributed by atoms with Gasteiger partial charge in [-0.05, 0) is 47.9 Å². The topological polar surface area (TPSA) is 159 Å². The summed E-state index contributed by atoms with van der Waals surface area (Å²) in [5, 5.41) is 36.8. The third-order valence-electron chi connectivity index (χ3n) is 6.55. The number of aromatic nitrogens is 1. The lowest BCUT2D eigenvalue weighted by molar-refractivity contribution is -0.384. The number of fused-ring (bicyclic) bond motifs is 5. The summed E-state index contributed by atoms with van der Waals surface area (Å²) in [5.74, 6) is -1.08. The van der Waals surface area contributed by atoms with Crippen LogP contribution in [-0.4, -0.2) is 20.9 Å². The highest BCUT2D eigenvalue weighted by atomic mass is 35.5. The summed E-state index contributed by atoms with van der Waals surface area (Å²) in [7, 11) is 0. The van der Waals surface area contributed by atoms with Crippen LogP contribution >= 0.6 is 11.6 Å². The van der Waals surface area contributed by atoms with Crippen LogP contribution in [0.2, 0.25) is 5.02 Å². The maximum atomic E-state index is 13.4. The molecule has 6 rings (SSSR count). The zero-order chi connectivity index (χ0) is 28.0.